The highest BCUT2D eigenvalue weighted by Gasteiger charge is 2.33. The summed E-state index contributed by atoms with van der Waals surface area (Å²) in [6.07, 6.45) is -2.61. The number of rotatable bonds is 3. The molecule has 0 bridgehead atoms. The van der Waals surface area contributed by atoms with Crippen LogP contribution in [0.1, 0.15) is 57.2 Å². The van der Waals surface area contributed by atoms with Gasteiger partial charge in [-0.2, -0.15) is 13.2 Å². The van der Waals surface area contributed by atoms with Crippen molar-refractivity contribution in [1.82, 2.24) is 9.80 Å². The Balaban J connectivity index is 2.10. The highest BCUT2D eigenvalue weighted by molar-refractivity contribution is 5.82. The Hall–Kier alpha value is -2.25. The zero-order valence-electron chi connectivity index (χ0n) is 16.7. The van der Waals surface area contributed by atoms with Crippen LogP contribution in [0.4, 0.5) is 18.0 Å². The lowest BCUT2D eigenvalue weighted by atomic mass is 9.94. The number of halogens is 3. The SMILES string of the molecule is CN(CC(=O)N1CCCCC1c1ccc(C(F)(F)F)cc1)C(=O)OC(C)(C)C. The van der Waals surface area contributed by atoms with Gasteiger partial charge in [0, 0.05) is 13.6 Å². The van der Waals surface area contributed by atoms with Crippen LogP contribution in [0.15, 0.2) is 24.3 Å². The summed E-state index contributed by atoms with van der Waals surface area (Å²) >= 11 is 0. The molecular weight excluding hydrogens is 373 g/mol. The zero-order valence-corrected chi connectivity index (χ0v) is 16.7. The van der Waals surface area contributed by atoms with Crippen LogP contribution in [0.3, 0.4) is 0 Å². The van der Waals surface area contributed by atoms with Crippen LogP contribution in [-0.4, -0.2) is 47.5 Å². The van der Waals surface area contributed by atoms with E-state index in [1.54, 1.807) is 25.7 Å². The van der Waals surface area contributed by atoms with Crippen LogP contribution in [-0.2, 0) is 15.7 Å². The van der Waals surface area contributed by atoms with Crippen molar-refractivity contribution in [2.45, 2.75) is 57.9 Å². The number of carbonyl (C=O) groups is 2. The van der Waals surface area contributed by atoms with Crippen LogP contribution in [0.5, 0.6) is 0 Å². The molecule has 1 heterocycles. The van der Waals surface area contributed by atoms with E-state index >= 15 is 0 Å². The van der Waals surface area contributed by atoms with Gasteiger partial charge in [-0.1, -0.05) is 12.1 Å². The highest BCUT2D eigenvalue weighted by atomic mass is 19.4. The van der Waals surface area contributed by atoms with Crippen molar-refractivity contribution in [2.75, 3.05) is 20.1 Å². The summed E-state index contributed by atoms with van der Waals surface area (Å²) in [7, 11) is 1.49. The smallest absolute Gasteiger partial charge is 0.416 e. The molecule has 8 heteroatoms. The molecule has 0 N–H and O–H groups in total. The van der Waals surface area contributed by atoms with E-state index in [1.165, 1.54) is 24.1 Å². The fraction of sp³-hybridized carbons (Fsp3) is 0.600. The van der Waals surface area contributed by atoms with Gasteiger partial charge in [0.05, 0.1) is 11.6 Å². The van der Waals surface area contributed by atoms with Gasteiger partial charge in [-0.15, -0.1) is 0 Å². The minimum atomic E-state index is -4.39. The molecule has 5 nitrogen and oxygen atoms in total. The van der Waals surface area contributed by atoms with Crippen LogP contribution in [0.2, 0.25) is 0 Å². The third-order valence-electron chi connectivity index (χ3n) is 4.52. The second kappa shape index (κ2) is 8.41. The summed E-state index contributed by atoms with van der Waals surface area (Å²) in [6, 6.07) is 4.64. The maximum absolute atomic E-state index is 12.8. The Kier molecular flexibility index (Phi) is 6.62. The van der Waals surface area contributed by atoms with E-state index in [0.29, 0.717) is 18.5 Å². The topological polar surface area (TPSA) is 49.9 Å². The average molecular weight is 400 g/mol. The molecule has 2 rings (SSSR count). The molecule has 1 aromatic carbocycles. The lowest BCUT2D eigenvalue weighted by molar-refractivity contribution is -0.138. The molecule has 0 saturated carbocycles. The number of carbonyl (C=O) groups excluding carboxylic acids is 2. The minimum Gasteiger partial charge on any atom is -0.444 e. The number of hydrogen-bond donors (Lipinski definition) is 0. The van der Waals surface area contributed by atoms with Crippen molar-refractivity contribution >= 4 is 12.0 Å². The van der Waals surface area contributed by atoms with Crippen molar-refractivity contribution in [2.24, 2.45) is 0 Å². The van der Waals surface area contributed by atoms with Gasteiger partial charge in [0.25, 0.3) is 0 Å². The average Bonchev–Trinajstić information content (AvgIpc) is 2.59. The molecule has 1 aliphatic heterocycles. The van der Waals surface area contributed by atoms with Gasteiger partial charge >= 0.3 is 12.3 Å². The number of benzene rings is 1. The Morgan fingerprint density at radius 3 is 2.29 bits per heavy atom. The first-order chi connectivity index (χ1) is 12.9. The molecule has 0 aromatic heterocycles. The molecule has 1 unspecified atom stereocenters. The number of amides is 2. The summed E-state index contributed by atoms with van der Waals surface area (Å²) in [5.41, 5.74) is -0.710. The largest absolute Gasteiger partial charge is 0.444 e. The molecule has 2 amide bonds. The molecular formula is C20H27F3N2O3. The van der Waals surface area contributed by atoms with Gasteiger partial charge in [-0.3, -0.25) is 4.79 Å². The van der Waals surface area contributed by atoms with E-state index in [0.717, 1.165) is 25.0 Å². The molecule has 1 fully saturated rings. The fourth-order valence-corrected chi connectivity index (χ4v) is 3.17. The van der Waals surface area contributed by atoms with Crippen molar-refractivity contribution in [3.63, 3.8) is 0 Å². The van der Waals surface area contributed by atoms with Gasteiger partial charge in [0.1, 0.15) is 12.1 Å². The summed E-state index contributed by atoms with van der Waals surface area (Å²) < 4.78 is 43.6. The monoisotopic (exact) mass is 400 g/mol. The molecule has 1 atom stereocenters. The predicted molar refractivity (Wildman–Crippen MR) is 98.6 cm³/mol. The first kappa shape index (κ1) is 22.0. The maximum atomic E-state index is 12.8. The molecule has 1 aliphatic rings. The first-order valence-corrected chi connectivity index (χ1v) is 9.29. The molecule has 156 valence electrons. The number of likely N-dealkylation sites (tertiary alicyclic amines) is 1. The standard InChI is InChI=1S/C20H27F3N2O3/c1-19(2,3)28-18(27)24(4)13-17(26)25-12-6-5-7-16(25)14-8-10-15(11-9-14)20(21,22)23/h8-11,16H,5-7,12-13H2,1-4H3. The summed E-state index contributed by atoms with van der Waals surface area (Å²) in [5, 5.41) is 0. The molecule has 0 radical (unpaired) electrons. The van der Waals surface area contributed by atoms with Crippen molar-refractivity contribution < 1.29 is 27.5 Å². The highest BCUT2D eigenvalue weighted by Crippen LogP contribution is 2.34. The lowest BCUT2D eigenvalue weighted by Crippen LogP contribution is -2.45. The van der Waals surface area contributed by atoms with Gasteiger partial charge in [-0.05, 0) is 57.7 Å². The third-order valence-corrected chi connectivity index (χ3v) is 4.52. The fourth-order valence-electron chi connectivity index (χ4n) is 3.17. The Morgan fingerprint density at radius 2 is 1.75 bits per heavy atom. The van der Waals surface area contributed by atoms with Crippen LogP contribution in [0, 0.1) is 0 Å². The first-order valence-electron chi connectivity index (χ1n) is 9.29. The van der Waals surface area contributed by atoms with Gasteiger partial charge in [-0.25, -0.2) is 4.79 Å². The number of ether oxygens (including phenoxy) is 1. The second-order valence-corrected chi connectivity index (χ2v) is 8.05. The number of piperidine rings is 1. The summed E-state index contributed by atoms with van der Waals surface area (Å²) in [4.78, 5) is 27.7. The second-order valence-electron chi connectivity index (χ2n) is 8.05. The minimum absolute atomic E-state index is 0.147. The van der Waals surface area contributed by atoms with E-state index in [1.807, 2.05) is 0 Å². The maximum Gasteiger partial charge on any atom is 0.416 e. The van der Waals surface area contributed by atoms with E-state index in [4.69, 9.17) is 4.74 Å². The lowest BCUT2D eigenvalue weighted by Gasteiger charge is -2.37. The van der Waals surface area contributed by atoms with Gasteiger partial charge in [0.2, 0.25) is 5.91 Å². The van der Waals surface area contributed by atoms with Crippen molar-refractivity contribution in [3.8, 4) is 0 Å². The van der Waals surface area contributed by atoms with Crippen LogP contribution in [0.25, 0.3) is 0 Å². The van der Waals surface area contributed by atoms with Gasteiger partial charge < -0.3 is 14.5 Å². The summed E-state index contributed by atoms with van der Waals surface area (Å²) in [5.74, 6) is -0.252. The van der Waals surface area contributed by atoms with Crippen molar-refractivity contribution in [3.05, 3.63) is 35.4 Å². The Bertz CT molecular complexity index is 696. The van der Waals surface area contributed by atoms with Crippen LogP contribution < -0.4 is 0 Å². The Labute approximate surface area is 163 Å². The molecule has 1 aromatic rings. The summed E-state index contributed by atoms with van der Waals surface area (Å²) in [6.45, 7) is 5.59. The predicted octanol–water partition coefficient (Wildman–Crippen LogP) is 4.63. The zero-order chi connectivity index (χ0) is 21.1. The number of alkyl halides is 3. The number of nitrogens with zero attached hydrogens (tertiary/aromatic N) is 2. The molecule has 28 heavy (non-hydrogen) atoms. The van der Waals surface area contributed by atoms with E-state index in [9.17, 15) is 22.8 Å². The number of hydrogen-bond acceptors (Lipinski definition) is 3. The van der Waals surface area contributed by atoms with E-state index in [2.05, 4.69) is 0 Å². The van der Waals surface area contributed by atoms with Crippen molar-refractivity contribution in [1.29, 1.82) is 0 Å². The van der Waals surface area contributed by atoms with E-state index < -0.39 is 23.4 Å². The molecule has 0 spiro atoms. The van der Waals surface area contributed by atoms with Gasteiger partial charge in [0.15, 0.2) is 0 Å². The Morgan fingerprint density at radius 1 is 1.14 bits per heavy atom. The molecule has 0 aliphatic carbocycles. The van der Waals surface area contributed by atoms with Crippen LogP contribution >= 0.6 is 0 Å². The number of likely N-dealkylation sites (N-methyl/N-ethyl adjacent to an activating group) is 1. The quantitative estimate of drug-likeness (QED) is 0.744. The normalized spacial score (nSPS) is 18.0. The molecule has 1 saturated heterocycles. The third kappa shape index (κ3) is 5.87. The van der Waals surface area contributed by atoms with E-state index in [-0.39, 0.29) is 18.5 Å².